The third kappa shape index (κ3) is 3.71. The molecule has 0 atom stereocenters. The third-order valence-corrected chi connectivity index (χ3v) is 5.55. The van der Waals surface area contributed by atoms with Gasteiger partial charge in [-0.15, -0.1) is 11.3 Å². The van der Waals surface area contributed by atoms with Gasteiger partial charge in [-0.1, -0.05) is 0 Å². The molecule has 26 heavy (non-hydrogen) atoms. The van der Waals surface area contributed by atoms with Crippen LogP contribution in [-0.2, 0) is 6.54 Å². The lowest BCUT2D eigenvalue weighted by atomic mass is 10.1. The normalized spacial score (nSPS) is 15.3. The Morgan fingerprint density at radius 3 is 2.38 bits per heavy atom. The highest BCUT2D eigenvalue weighted by atomic mass is 32.1. The lowest BCUT2D eigenvalue weighted by molar-refractivity contribution is 0.0627. The molecule has 0 unspecified atom stereocenters. The SMILES string of the molecule is Cc1nc(CN2CCN(C(=O)c3ccc(-n4cccc4)cc3)CC2)cs1. The van der Waals surface area contributed by atoms with Crippen LogP contribution in [0.25, 0.3) is 5.69 Å². The summed E-state index contributed by atoms with van der Waals surface area (Å²) in [7, 11) is 0. The smallest absolute Gasteiger partial charge is 0.253 e. The second-order valence-corrected chi connectivity index (χ2v) is 7.63. The molecule has 2 aromatic heterocycles. The quantitative estimate of drug-likeness (QED) is 0.712. The van der Waals surface area contributed by atoms with E-state index in [1.54, 1.807) is 11.3 Å². The minimum Gasteiger partial charge on any atom is -0.336 e. The molecule has 6 heteroatoms. The number of thiazole rings is 1. The number of piperazine rings is 1. The van der Waals surface area contributed by atoms with E-state index in [1.165, 1.54) is 0 Å². The molecule has 4 rings (SSSR count). The standard InChI is InChI=1S/C20H22N4OS/c1-16-21-18(15-26-16)14-22-10-12-24(13-11-22)20(25)17-4-6-19(7-5-17)23-8-2-3-9-23/h2-9,15H,10-14H2,1H3. The van der Waals surface area contributed by atoms with E-state index < -0.39 is 0 Å². The highest BCUT2D eigenvalue weighted by Crippen LogP contribution is 2.15. The van der Waals surface area contributed by atoms with Crippen molar-refractivity contribution in [3.63, 3.8) is 0 Å². The summed E-state index contributed by atoms with van der Waals surface area (Å²) in [6.45, 7) is 6.22. The minimum absolute atomic E-state index is 0.119. The van der Waals surface area contributed by atoms with Gasteiger partial charge in [-0.2, -0.15) is 0 Å². The van der Waals surface area contributed by atoms with Gasteiger partial charge >= 0.3 is 0 Å². The molecule has 134 valence electrons. The van der Waals surface area contributed by atoms with Crippen LogP contribution in [0.4, 0.5) is 0 Å². The van der Waals surface area contributed by atoms with Gasteiger partial charge in [0.05, 0.1) is 10.7 Å². The predicted octanol–water partition coefficient (Wildman–Crippen LogP) is 3.20. The maximum Gasteiger partial charge on any atom is 0.253 e. The van der Waals surface area contributed by atoms with Crippen LogP contribution < -0.4 is 0 Å². The number of aromatic nitrogens is 2. The van der Waals surface area contributed by atoms with E-state index >= 15 is 0 Å². The average molecular weight is 366 g/mol. The lowest BCUT2D eigenvalue weighted by Gasteiger charge is -2.34. The molecule has 0 saturated carbocycles. The molecular formula is C20H22N4OS. The summed E-state index contributed by atoms with van der Waals surface area (Å²) in [4.78, 5) is 21.6. The number of nitrogens with zero attached hydrogens (tertiary/aromatic N) is 4. The van der Waals surface area contributed by atoms with Gasteiger partial charge in [0.2, 0.25) is 0 Å². The van der Waals surface area contributed by atoms with E-state index in [0.717, 1.165) is 54.7 Å². The fraction of sp³-hybridized carbons (Fsp3) is 0.300. The summed E-state index contributed by atoms with van der Waals surface area (Å²) < 4.78 is 2.03. The molecule has 1 aromatic carbocycles. The average Bonchev–Trinajstić information content (AvgIpc) is 3.34. The van der Waals surface area contributed by atoms with Crippen molar-refractivity contribution in [2.45, 2.75) is 13.5 Å². The number of aryl methyl sites for hydroxylation is 1. The molecule has 5 nitrogen and oxygen atoms in total. The van der Waals surface area contributed by atoms with Crippen molar-refractivity contribution in [1.29, 1.82) is 0 Å². The van der Waals surface area contributed by atoms with Gasteiger partial charge in [0, 0.05) is 61.7 Å². The Balaban J connectivity index is 1.34. The van der Waals surface area contributed by atoms with Gasteiger partial charge in [-0.25, -0.2) is 4.98 Å². The Morgan fingerprint density at radius 2 is 1.77 bits per heavy atom. The molecule has 0 radical (unpaired) electrons. The lowest BCUT2D eigenvalue weighted by Crippen LogP contribution is -2.48. The molecule has 3 heterocycles. The predicted molar refractivity (Wildman–Crippen MR) is 104 cm³/mol. The number of benzene rings is 1. The molecule has 3 aromatic rings. The molecule has 1 aliphatic heterocycles. The van der Waals surface area contributed by atoms with E-state index in [2.05, 4.69) is 15.3 Å². The van der Waals surface area contributed by atoms with Crippen molar-refractivity contribution >= 4 is 17.2 Å². The first-order valence-electron chi connectivity index (χ1n) is 8.85. The van der Waals surface area contributed by atoms with E-state index in [4.69, 9.17) is 0 Å². The number of hydrogen-bond acceptors (Lipinski definition) is 4. The van der Waals surface area contributed by atoms with E-state index in [9.17, 15) is 4.79 Å². The summed E-state index contributed by atoms with van der Waals surface area (Å²) in [6.07, 6.45) is 4.00. The molecule has 0 bridgehead atoms. The monoisotopic (exact) mass is 366 g/mol. The Hall–Kier alpha value is -2.44. The van der Waals surface area contributed by atoms with Crippen molar-refractivity contribution < 1.29 is 4.79 Å². The van der Waals surface area contributed by atoms with Crippen molar-refractivity contribution in [3.05, 3.63) is 70.4 Å². The maximum absolute atomic E-state index is 12.8. The fourth-order valence-electron chi connectivity index (χ4n) is 3.28. The minimum atomic E-state index is 0.119. The highest BCUT2D eigenvalue weighted by Gasteiger charge is 2.22. The second kappa shape index (κ2) is 7.43. The van der Waals surface area contributed by atoms with E-state index in [0.29, 0.717) is 0 Å². The number of carbonyl (C=O) groups excluding carboxylic acids is 1. The zero-order chi connectivity index (χ0) is 17.9. The van der Waals surface area contributed by atoms with E-state index in [1.807, 2.05) is 65.2 Å². The zero-order valence-electron chi connectivity index (χ0n) is 14.8. The number of hydrogen-bond donors (Lipinski definition) is 0. The third-order valence-electron chi connectivity index (χ3n) is 4.73. The molecule has 1 amide bonds. The Morgan fingerprint density at radius 1 is 1.08 bits per heavy atom. The fourth-order valence-corrected chi connectivity index (χ4v) is 3.89. The maximum atomic E-state index is 12.8. The van der Waals surface area contributed by atoms with Crippen LogP contribution in [0, 0.1) is 6.92 Å². The van der Waals surface area contributed by atoms with Gasteiger partial charge in [0.15, 0.2) is 0 Å². The number of carbonyl (C=O) groups is 1. The van der Waals surface area contributed by atoms with Gasteiger partial charge in [0.1, 0.15) is 0 Å². The van der Waals surface area contributed by atoms with Gasteiger partial charge < -0.3 is 9.47 Å². The van der Waals surface area contributed by atoms with Crippen molar-refractivity contribution in [2.24, 2.45) is 0 Å². The Kier molecular flexibility index (Phi) is 4.86. The number of rotatable bonds is 4. The molecule has 1 fully saturated rings. The van der Waals surface area contributed by atoms with E-state index in [-0.39, 0.29) is 5.91 Å². The molecular weight excluding hydrogens is 344 g/mol. The van der Waals surface area contributed by atoms with Gasteiger partial charge in [0.25, 0.3) is 5.91 Å². The van der Waals surface area contributed by atoms with Crippen LogP contribution in [-0.4, -0.2) is 51.4 Å². The summed E-state index contributed by atoms with van der Waals surface area (Å²) in [5.41, 5.74) is 2.95. The topological polar surface area (TPSA) is 41.4 Å². The number of amides is 1. The van der Waals surface area contributed by atoms with Crippen LogP contribution in [0.5, 0.6) is 0 Å². The molecule has 1 saturated heterocycles. The Bertz CT molecular complexity index is 862. The molecule has 0 aliphatic carbocycles. The molecule has 1 aliphatic rings. The summed E-state index contributed by atoms with van der Waals surface area (Å²) >= 11 is 1.69. The molecule has 0 spiro atoms. The Labute approximate surface area is 157 Å². The van der Waals surface area contributed by atoms with Crippen LogP contribution >= 0.6 is 11.3 Å². The summed E-state index contributed by atoms with van der Waals surface area (Å²) in [5.74, 6) is 0.119. The zero-order valence-corrected chi connectivity index (χ0v) is 15.7. The van der Waals surface area contributed by atoms with Crippen molar-refractivity contribution in [3.8, 4) is 5.69 Å². The van der Waals surface area contributed by atoms with Crippen LogP contribution in [0.1, 0.15) is 21.1 Å². The molecule has 0 N–H and O–H groups in total. The first kappa shape index (κ1) is 17.0. The van der Waals surface area contributed by atoms with Gasteiger partial charge in [-0.3, -0.25) is 9.69 Å². The largest absolute Gasteiger partial charge is 0.336 e. The second-order valence-electron chi connectivity index (χ2n) is 6.56. The summed E-state index contributed by atoms with van der Waals surface area (Å²) in [6, 6.07) is 11.8. The van der Waals surface area contributed by atoms with Crippen LogP contribution in [0.2, 0.25) is 0 Å². The first-order valence-corrected chi connectivity index (χ1v) is 9.73. The van der Waals surface area contributed by atoms with Crippen molar-refractivity contribution in [2.75, 3.05) is 26.2 Å². The van der Waals surface area contributed by atoms with Crippen molar-refractivity contribution in [1.82, 2.24) is 19.4 Å². The summed E-state index contributed by atoms with van der Waals surface area (Å²) in [5, 5.41) is 3.23. The highest BCUT2D eigenvalue weighted by molar-refractivity contribution is 7.09. The first-order chi connectivity index (χ1) is 12.7. The van der Waals surface area contributed by atoms with Crippen LogP contribution in [0.3, 0.4) is 0 Å². The van der Waals surface area contributed by atoms with Gasteiger partial charge in [-0.05, 0) is 43.3 Å². The van der Waals surface area contributed by atoms with Crippen LogP contribution in [0.15, 0.2) is 54.2 Å².